The van der Waals surface area contributed by atoms with Crippen LogP contribution in [-0.2, 0) is 16.0 Å². The molecule has 0 radical (unpaired) electrons. The summed E-state index contributed by atoms with van der Waals surface area (Å²) in [6.45, 7) is 3.11. The fraction of sp³-hybridized carbons (Fsp3) is 0.312. The van der Waals surface area contributed by atoms with Crippen LogP contribution >= 0.6 is 0 Å². The predicted molar refractivity (Wildman–Crippen MR) is 80.9 cm³/mol. The van der Waals surface area contributed by atoms with Gasteiger partial charge in [0.2, 0.25) is 0 Å². The maximum Gasteiger partial charge on any atom is 0.344 e. The second-order valence-electron chi connectivity index (χ2n) is 5.14. The lowest BCUT2D eigenvalue weighted by atomic mass is 10.0. The molecule has 0 bridgehead atoms. The highest BCUT2D eigenvalue weighted by atomic mass is 16.5. The van der Waals surface area contributed by atoms with E-state index in [0.29, 0.717) is 16.5 Å². The zero-order chi connectivity index (χ0) is 17.1. The van der Waals surface area contributed by atoms with Crippen molar-refractivity contribution < 1.29 is 29.0 Å². The molecule has 23 heavy (non-hydrogen) atoms. The summed E-state index contributed by atoms with van der Waals surface area (Å²) in [5, 5.41) is 18.2. The number of hydrogen-bond acceptors (Lipinski definition) is 5. The summed E-state index contributed by atoms with van der Waals surface area (Å²) >= 11 is 0. The van der Waals surface area contributed by atoms with Gasteiger partial charge < -0.3 is 19.4 Å². The molecule has 0 aliphatic heterocycles. The number of carbonyl (C=O) groups is 2. The Balaban J connectivity index is 2.42. The summed E-state index contributed by atoms with van der Waals surface area (Å²) in [4.78, 5) is 33.5. The Hall–Kier alpha value is -2.83. The molecule has 0 saturated heterocycles. The van der Waals surface area contributed by atoms with Crippen molar-refractivity contribution in [3.8, 4) is 5.75 Å². The normalized spacial score (nSPS) is 12.1. The number of fused-ring (bicyclic) bond motifs is 1. The molecule has 2 N–H and O–H groups in total. The lowest BCUT2D eigenvalue weighted by Crippen LogP contribution is -2.22. The minimum absolute atomic E-state index is 0.0910. The molecule has 0 spiro atoms. The molecule has 1 atom stereocenters. The standard InChI is InChI=1S/C16H16O7/c1-8-11-4-3-10(22-9(2)15(19)20)7-13(11)23-16(21)12(8)5-6-14(17)18/h3-4,7,9H,5-6H2,1-2H3,(H,17,18)(H,19,20)/t9-/m1/s1. The molecule has 0 fully saturated rings. The maximum absolute atomic E-state index is 12.0. The molecule has 7 nitrogen and oxygen atoms in total. The van der Waals surface area contributed by atoms with Crippen molar-refractivity contribution in [3.05, 3.63) is 39.7 Å². The predicted octanol–water partition coefficient (Wildman–Crippen LogP) is 1.97. The quantitative estimate of drug-likeness (QED) is 0.782. The van der Waals surface area contributed by atoms with E-state index in [-0.39, 0.29) is 24.2 Å². The molecule has 2 rings (SSSR count). The van der Waals surface area contributed by atoms with Crippen molar-refractivity contribution in [3.63, 3.8) is 0 Å². The monoisotopic (exact) mass is 320 g/mol. The van der Waals surface area contributed by atoms with Gasteiger partial charge in [-0.2, -0.15) is 0 Å². The van der Waals surface area contributed by atoms with E-state index in [9.17, 15) is 14.4 Å². The van der Waals surface area contributed by atoms with Gasteiger partial charge in [-0.15, -0.1) is 0 Å². The van der Waals surface area contributed by atoms with Crippen LogP contribution in [0.5, 0.6) is 5.75 Å². The highest BCUT2D eigenvalue weighted by molar-refractivity contribution is 5.82. The minimum atomic E-state index is -1.10. The smallest absolute Gasteiger partial charge is 0.344 e. The van der Waals surface area contributed by atoms with Crippen molar-refractivity contribution in [1.29, 1.82) is 0 Å². The summed E-state index contributed by atoms with van der Waals surface area (Å²) in [6.07, 6.45) is -1.10. The number of hydrogen-bond donors (Lipinski definition) is 2. The first-order valence-corrected chi connectivity index (χ1v) is 6.97. The Morgan fingerprint density at radius 2 is 2.00 bits per heavy atom. The van der Waals surface area contributed by atoms with Crippen molar-refractivity contribution in [2.45, 2.75) is 32.8 Å². The first-order chi connectivity index (χ1) is 10.8. The molecule has 0 unspecified atom stereocenters. The molecule has 0 amide bonds. The van der Waals surface area contributed by atoms with Gasteiger partial charge in [0.15, 0.2) is 6.10 Å². The van der Waals surface area contributed by atoms with E-state index in [1.807, 2.05) is 0 Å². The van der Waals surface area contributed by atoms with Gasteiger partial charge in [-0.1, -0.05) is 0 Å². The number of carboxylic acids is 2. The average Bonchev–Trinajstić information content (AvgIpc) is 2.46. The van der Waals surface area contributed by atoms with Crippen LogP contribution in [0.25, 0.3) is 11.0 Å². The summed E-state index contributed by atoms with van der Waals surface area (Å²) in [6, 6.07) is 4.68. The molecule has 7 heteroatoms. The van der Waals surface area contributed by atoms with Gasteiger partial charge >= 0.3 is 17.6 Å². The third kappa shape index (κ3) is 3.68. The van der Waals surface area contributed by atoms with Gasteiger partial charge in [0.25, 0.3) is 0 Å². The molecule has 122 valence electrons. The number of aliphatic carboxylic acids is 2. The van der Waals surface area contributed by atoms with Crippen LogP contribution in [-0.4, -0.2) is 28.3 Å². The van der Waals surface area contributed by atoms with Crippen molar-refractivity contribution in [1.82, 2.24) is 0 Å². The van der Waals surface area contributed by atoms with E-state index in [4.69, 9.17) is 19.4 Å². The van der Waals surface area contributed by atoms with E-state index < -0.39 is 23.7 Å². The molecule has 0 aliphatic carbocycles. The van der Waals surface area contributed by atoms with Gasteiger partial charge in [-0.05, 0) is 38.0 Å². The lowest BCUT2D eigenvalue weighted by Gasteiger charge is -2.12. The fourth-order valence-corrected chi connectivity index (χ4v) is 2.22. The third-order valence-electron chi connectivity index (χ3n) is 3.51. The molecule has 1 aromatic carbocycles. The van der Waals surface area contributed by atoms with Crippen LogP contribution < -0.4 is 10.4 Å². The van der Waals surface area contributed by atoms with Crippen molar-refractivity contribution in [2.24, 2.45) is 0 Å². The Labute approximate surface area is 131 Å². The molecule has 0 saturated carbocycles. The van der Waals surface area contributed by atoms with Gasteiger partial charge in [0.1, 0.15) is 11.3 Å². The summed E-state index contributed by atoms with van der Waals surface area (Å²) in [5.74, 6) is -1.82. The zero-order valence-corrected chi connectivity index (χ0v) is 12.7. The van der Waals surface area contributed by atoms with E-state index in [1.165, 1.54) is 13.0 Å². The second kappa shape index (κ2) is 6.51. The topological polar surface area (TPSA) is 114 Å². The summed E-state index contributed by atoms with van der Waals surface area (Å²) in [7, 11) is 0. The second-order valence-corrected chi connectivity index (χ2v) is 5.14. The summed E-state index contributed by atoms with van der Waals surface area (Å²) < 4.78 is 10.4. The van der Waals surface area contributed by atoms with Gasteiger partial charge in [0, 0.05) is 23.4 Å². The SMILES string of the molecule is Cc1c(CCC(=O)O)c(=O)oc2cc(O[C@H](C)C(=O)O)ccc12. The first-order valence-electron chi connectivity index (χ1n) is 6.97. The van der Waals surface area contributed by atoms with Gasteiger partial charge in [0.05, 0.1) is 0 Å². The average molecular weight is 320 g/mol. The fourth-order valence-electron chi connectivity index (χ4n) is 2.22. The number of carboxylic acid groups (broad SMARTS) is 2. The van der Waals surface area contributed by atoms with Crippen LogP contribution in [0.2, 0.25) is 0 Å². The number of aryl methyl sites for hydroxylation is 1. The lowest BCUT2D eigenvalue weighted by molar-refractivity contribution is -0.144. The highest BCUT2D eigenvalue weighted by Gasteiger charge is 2.16. The molecular weight excluding hydrogens is 304 g/mol. The van der Waals surface area contributed by atoms with Crippen LogP contribution in [0.4, 0.5) is 0 Å². The molecule has 0 aliphatic rings. The van der Waals surface area contributed by atoms with Crippen LogP contribution in [0.15, 0.2) is 27.4 Å². The van der Waals surface area contributed by atoms with Crippen LogP contribution in [0.3, 0.4) is 0 Å². The molecule has 1 heterocycles. The molecular formula is C16H16O7. The molecule has 2 aromatic rings. The number of benzene rings is 1. The Morgan fingerprint density at radius 1 is 1.30 bits per heavy atom. The van der Waals surface area contributed by atoms with Crippen molar-refractivity contribution in [2.75, 3.05) is 0 Å². The van der Waals surface area contributed by atoms with E-state index in [2.05, 4.69) is 0 Å². The maximum atomic E-state index is 12.0. The Kier molecular flexibility index (Phi) is 4.68. The van der Waals surface area contributed by atoms with Crippen LogP contribution in [0.1, 0.15) is 24.5 Å². The van der Waals surface area contributed by atoms with Gasteiger partial charge in [-0.25, -0.2) is 9.59 Å². The van der Waals surface area contributed by atoms with E-state index in [0.717, 1.165) is 0 Å². The van der Waals surface area contributed by atoms with E-state index >= 15 is 0 Å². The largest absolute Gasteiger partial charge is 0.481 e. The van der Waals surface area contributed by atoms with Crippen LogP contribution in [0, 0.1) is 6.92 Å². The number of rotatable bonds is 6. The van der Waals surface area contributed by atoms with E-state index in [1.54, 1.807) is 19.1 Å². The summed E-state index contributed by atoms with van der Waals surface area (Å²) in [5.41, 5.74) is 0.643. The van der Waals surface area contributed by atoms with Crippen molar-refractivity contribution >= 4 is 22.9 Å². The number of ether oxygens (including phenoxy) is 1. The minimum Gasteiger partial charge on any atom is -0.481 e. The Morgan fingerprint density at radius 3 is 2.61 bits per heavy atom. The first kappa shape index (κ1) is 16.5. The third-order valence-corrected chi connectivity index (χ3v) is 3.51. The highest BCUT2D eigenvalue weighted by Crippen LogP contribution is 2.25. The van der Waals surface area contributed by atoms with Gasteiger partial charge in [-0.3, -0.25) is 4.79 Å². The molecule has 1 aromatic heterocycles. The zero-order valence-electron chi connectivity index (χ0n) is 12.7. The Bertz CT molecular complexity index is 819.